The van der Waals surface area contributed by atoms with E-state index in [2.05, 4.69) is 33.1 Å². The summed E-state index contributed by atoms with van der Waals surface area (Å²) in [6.07, 6.45) is 5.67. The Labute approximate surface area is 179 Å². The minimum atomic E-state index is 0. The normalized spacial score (nSPS) is 14.9. The first kappa shape index (κ1) is 23.5. The van der Waals surface area contributed by atoms with Gasteiger partial charge in [-0.3, -0.25) is 9.79 Å². The van der Waals surface area contributed by atoms with Gasteiger partial charge in [0.15, 0.2) is 5.96 Å². The highest BCUT2D eigenvalue weighted by Gasteiger charge is 2.20. The maximum absolute atomic E-state index is 12.1. The van der Waals surface area contributed by atoms with Gasteiger partial charge in [0.05, 0.1) is 7.11 Å². The van der Waals surface area contributed by atoms with Crippen LogP contribution in [0, 0.1) is 12.8 Å². The van der Waals surface area contributed by atoms with Gasteiger partial charge in [0.2, 0.25) is 5.91 Å². The highest BCUT2D eigenvalue weighted by Crippen LogP contribution is 2.23. The lowest BCUT2D eigenvalue weighted by Crippen LogP contribution is -2.42. The smallest absolute Gasteiger partial charge is 0.223 e. The summed E-state index contributed by atoms with van der Waals surface area (Å²) in [5.41, 5.74) is 2.24. The van der Waals surface area contributed by atoms with Crippen molar-refractivity contribution in [3.8, 4) is 5.75 Å². The number of ether oxygens (including phenoxy) is 1. The third-order valence-corrected chi connectivity index (χ3v) is 4.81. The van der Waals surface area contributed by atoms with Crippen LogP contribution in [0.25, 0.3) is 0 Å². The molecule has 0 aromatic heterocycles. The molecule has 6 nitrogen and oxygen atoms in total. The molecule has 0 saturated heterocycles. The number of benzene rings is 1. The number of methoxy groups -OCH3 is 1. The van der Waals surface area contributed by atoms with Crippen LogP contribution in [0.2, 0.25) is 0 Å². The van der Waals surface area contributed by atoms with E-state index in [0.29, 0.717) is 25.6 Å². The molecule has 2 rings (SSSR count). The zero-order valence-corrected chi connectivity index (χ0v) is 19.0. The highest BCUT2D eigenvalue weighted by molar-refractivity contribution is 14.0. The molecule has 0 unspecified atom stereocenters. The molecule has 0 aliphatic heterocycles. The van der Waals surface area contributed by atoms with Crippen molar-refractivity contribution in [2.45, 2.75) is 45.6 Å². The Hall–Kier alpha value is -1.51. The average molecular weight is 488 g/mol. The molecule has 1 aromatic rings. The summed E-state index contributed by atoms with van der Waals surface area (Å²) in [6.45, 7) is 3.91. The zero-order chi connectivity index (χ0) is 18.8. The van der Waals surface area contributed by atoms with Gasteiger partial charge in [-0.15, -0.1) is 24.0 Å². The molecule has 0 spiro atoms. The molecule has 1 aromatic carbocycles. The molecule has 27 heavy (non-hydrogen) atoms. The minimum Gasteiger partial charge on any atom is -0.496 e. The van der Waals surface area contributed by atoms with Crippen molar-refractivity contribution in [1.82, 2.24) is 16.0 Å². The van der Waals surface area contributed by atoms with Crippen molar-refractivity contribution in [2.24, 2.45) is 10.9 Å². The van der Waals surface area contributed by atoms with Crippen LogP contribution in [0.3, 0.4) is 0 Å². The fourth-order valence-corrected chi connectivity index (χ4v) is 3.27. The van der Waals surface area contributed by atoms with Crippen molar-refractivity contribution in [2.75, 3.05) is 27.2 Å². The molecule has 152 valence electrons. The van der Waals surface area contributed by atoms with E-state index >= 15 is 0 Å². The lowest BCUT2D eigenvalue weighted by atomic mass is 9.89. The number of aryl methyl sites for hydroxylation is 1. The van der Waals surface area contributed by atoms with Gasteiger partial charge in [-0.25, -0.2) is 0 Å². The molecule has 1 saturated carbocycles. The van der Waals surface area contributed by atoms with E-state index < -0.39 is 0 Å². The number of rotatable bonds is 7. The summed E-state index contributed by atoms with van der Waals surface area (Å²) < 4.78 is 5.43. The van der Waals surface area contributed by atoms with Gasteiger partial charge in [0, 0.05) is 38.2 Å². The first-order chi connectivity index (χ1) is 12.6. The predicted octanol–water partition coefficient (Wildman–Crippen LogP) is 2.98. The summed E-state index contributed by atoms with van der Waals surface area (Å²) in [6, 6.07) is 6.14. The SMILES string of the molecule is CN=C(NCCNC(=O)C1CCCCC1)NCc1ccc(C)cc1OC.I. The van der Waals surface area contributed by atoms with Gasteiger partial charge < -0.3 is 20.7 Å². The Kier molecular flexibility index (Phi) is 11.2. The van der Waals surface area contributed by atoms with Crippen LogP contribution in [-0.4, -0.2) is 39.1 Å². The van der Waals surface area contributed by atoms with E-state index in [-0.39, 0.29) is 35.8 Å². The van der Waals surface area contributed by atoms with E-state index in [1.165, 1.54) is 24.8 Å². The summed E-state index contributed by atoms with van der Waals surface area (Å²) in [4.78, 5) is 16.3. The summed E-state index contributed by atoms with van der Waals surface area (Å²) in [5.74, 6) is 1.97. The lowest BCUT2D eigenvalue weighted by Gasteiger charge is -2.21. The van der Waals surface area contributed by atoms with Gasteiger partial charge in [-0.1, -0.05) is 31.4 Å². The van der Waals surface area contributed by atoms with Gasteiger partial charge in [-0.05, 0) is 31.4 Å². The number of guanidine groups is 1. The van der Waals surface area contributed by atoms with Crippen molar-refractivity contribution in [1.29, 1.82) is 0 Å². The van der Waals surface area contributed by atoms with Crippen LogP contribution in [0.4, 0.5) is 0 Å². The third-order valence-electron chi connectivity index (χ3n) is 4.81. The number of hydrogen-bond acceptors (Lipinski definition) is 3. The van der Waals surface area contributed by atoms with Gasteiger partial charge in [0.25, 0.3) is 0 Å². The zero-order valence-electron chi connectivity index (χ0n) is 16.6. The van der Waals surface area contributed by atoms with Gasteiger partial charge in [0.1, 0.15) is 5.75 Å². The van der Waals surface area contributed by atoms with Gasteiger partial charge in [-0.2, -0.15) is 0 Å². The number of nitrogens with one attached hydrogen (secondary N) is 3. The molecule has 0 atom stereocenters. The number of nitrogens with zero attached hydrogens (tertiary/aromatic N) is 1. The maximum Gasteiger partial charge on any atom is 0.223 e. The number of aliphatic imine (C=N–C) groups is 1. The molecular weight excluding hydrogens is 455 g/mol. The van der Waals surface area contributed by atoms with Crippen LogP contribution < -0.4 is 20.7 Å². The molecule has 7 heteroatoms. The second-order valence-corrected chi connectivity index (χ2v) is 6.79. The van der Waals surface area contributed by atoms with E-state index in [4.69, 9.17) is 4.74 Å². The quantitative estimate of drug-likeness (QED) is 0.239. The Bertz CT molecular complexity index is 616. The van der Waals surface area contributed by atoms with E-state index in [0.717, 1.165) is 24.2 Å². The summed E-state index contributed by atoms with van der Waals surface area (Å²) >= 11 is 0. The van der Waals surface area contributed by atoms with Crippen LogP contribution >= 0.6 is 24.0 Å². The number of amides is 1. The fourth-order valence-electron chi connectivity index (χ4n) is 3.27. The Balaban J connectivity index is 0.00000364. The molecule has 0 radical (unpaired) electrons. The summed E-state index contributed by atoms with van der Waals surface area (Å²) in [7, 11) is 3.42. The van der Waals surface area contributed by atoms with E-state index in [1.54, 1.807) is 14.2 Å². The second kappa shape index (κ2) is 12.8. The maximum atomic E-state index is 12.1. The van der Waals surface area contributed by atoms with E-state index in [9.17, 15) is 4.79 Å². The lowest BCUT2D eigenvalue weighted by molar-refractivity contribution is -0.125. The number of carbonyl (C=O) groups excluding carboxylic acids is 1. The molecular formula is C20H33IN4O2. The second-order valence-electron chi connectivity index (χ2n) is 6.79. The van der Waals surface area contributed by atoms with E-state index in [1.807, 2.05) is 13.0 Å². The fraction of sp³-hybridized carbons (Fsp3) is 0.600. The van der Waals surface area contributed by atoms with Gasteiger partial charge >= 0.3 is 0 Å². The first-order valence-electron chi connectivity index (χ1n) is 9.49. The topological polar surface area (TPSA) is 74.8 Å². The van der Waals surface area contributed by atoms with Crippen LogP contribution in [0.5, 0.6) is 5.75 Å². The number of halogens is 1. The molecule has 1 aliphatic rings. The Morgan fingerprint density at radius 1 is 1.15 bits per heavy atom. The molecule has 1 fully saturated rings. The van der Waals surface area contributed by atoms with Crippen molar-refractivity contribution < 1.29 is 9.53 Å². The van der Waals surface area contributed by atoms with Crippen LogP contribution in [0.1, 0.15) is 43.2 Å². The Morgan fingerprint density at radius 3 is 2.52 bits per heavy atom. The molecule has 0 heterocycles. The van der Waals surface area contributed by atoms with Crippen LogP contribution in [-0.2, 0) is 11.3 Å². The molecule has 3 N–H and O–H groups in total. The van der Waals surface area contributed by atoms with Crippen molar-refractivity contribution in [3.05, 3.63) is 29.3 Å². The molecule has 1 amide bonds. The largest absolute Gasteiger partial charge is 0.496 e. The molecule has 1 aliphatic carbocycles. The van der Waals surface area contributed by atoms with Crippen molar-refractivity contribution in [3.63, 3.8) is 0 Å². The van der Waals surface area contributed by atoms with Crippen molar-refractivity contribution >= 4 is 35.8 Å². The standard InChI is InChI=1S/C20H32N4O2.HI/c1-15-9-10-17(18(13-15)26-3)14-24-20(21-2)23-12-11-22-19(25)16-7-5-4-6-8-16;/h9-10,13,16H,4-8,11-12,14H2,1-3H3,(H,22,25)(H2,21,23,24);1H. The molecule has 0 bridgehead atoms. The predicted molar refractivity (Wildman–Crippen MR) is 121 cm³/mol. The number of hydrogen-bond donors (Lipinski definition) is 3. The highest BCUT2D eigenvalue weighted by atomic mass is 127. The minimum absolute atomic E-state index is 0. The first-order valence-corrected chi connectivity index (χ1v) is 9.49. The third kappa shape index (κ3) is 7.94. The van der Waals surface area contributed by atoms with Crippen LogP contribution in [0.15, 0.2) is 23.2 Å². The number of carbonyl (C=O) groups is 1. The Morgan fingerprint density at radius 2 is 1.85 bits per heavy atom. The summed E-state index contributed by atoms with van der Waals surface area (Å²) in [5, 5.41) is 9.53. The monoisotopic (exact) mass is 488 g/mol. The average Bonchev–Trinajstić information content (AvgIpc) is 2.68.